The van der Waals surface area contributed by atoms with Gasteiger partial charge in [0, 0.05) is 0 Å². The molecule has 0 atom stereocenters. The molecule has 0 fully saturated rings. The topological polar surface area (TPSA) is 145 Å². The molecule has 0 aliphatic rings. The first kappa shape index (κ1) is 23.2. The molecule has 0 aliphatic carbocycles. The van der Waals surface area contributed by atoms with Gasteiger partial charge in [-0.25, -0.2) is 0 Å². The third kappa shape index (κ3) is 8150. The van der Waals surface area contributed by atoms with Crippen molar-refractivity contribution in [2.24, 2.45) is 5.34 Å². The summed E-state index contributed by atoms with van der Waals surface area (Å²) in [5, 5.41) is 21.5. The van der Waals surface area contributed by atoms with Crippen LogP contribution in [-0.2, 0) is 0 Å². The second-order valence-electron chi connectivity index (χ2n) is 0.319. The number of hydrogen-bond donors (Lipinski definition) is 2. The van der Waals surface area contributed by atoms with E-state index in [4.69, 9.17) is 25.4 Å². The van der Waals surface area contributed by atoms with Crippen LogP contribution in [0.5, 0.6) is 0 Å². The van der Waals surface area contributed by atoms with Gasteiger partial charge in [0.15, 0.2) is 5.34 Å². The van der Waals surface area contributed by atoms with Gasteiger partial charge >= 0.3 is 37.7 Å². The number of nitrogens with zero attached hydrogens (tertiary/aromatic N) is 2. The maximum atomic E-state index is 8.36. The first-order valence-electron chi connectivity index (χ1n) is 0.948. The van der Waals surface area contributed by atoms with Crippen molar-refractivity contribution in [1.29, 1.82) is 0 Å². The molecule has 0 aromatic carbocycles. The summed E-state index contributed by atoms with van der Waals surface area (Å²) < 4.78 is 0. The van der Waals surface area contributed by atoms with E-state index in [1.54, 1.807) is 0 Å². The van der Waals surface area contributed by atoms with E-state index in [1.165, 1.54) is 5.34 Å². The molecule has 0 rings (SSSR count). The molecule has 0 aliphatic heterocycles. The van der Waals surface area contributed by atoms with Gasteiger partial charge in [0.05, 0.1) is 0 Å². The minimum absolute atomic E-state index is 0. The van der Waals surface area contributed by atoms with Crippen LogP contribution in [0.15, 0.2) is 5.34 Å². The Morgan fingerprint density at radius 3 is 1.67 bits per heavy atom. The third-order valence-electron chi connectivity index (χ3n) is 0. The molecule has 0 aromatic heterocycles. The van der Waals surface area contributed by atoms with Crippen molar-refractivity contribution in [3.8, 4) is 0 Å². The van der Waals surface area contributed by atoms with Crippen LogP contribution in [0.2, 0.25) is 0 Å². The van der Waals surface area contributed by atoms with Crippen LogP contribution in [0.25, 0.3) is 0 Å². The first-order valence-corrected chi connectivity index (χ1v) is 0.948. The van der Waals surface area contributed by atoms with Crippen LogP contribution in [-0.4, -0.2) is 58.7 Å². The molecular formula is H6CaN2O6. The molecule has 9 heavy (non-hydrogen) atoms. The average molecular weight is 170 g/mol. The van der Waals surface area contributed by atoms with E-state index in [0.717, 1.165) is 0 Å². The standard InChI is InChI=1S/Ca.HNO3.HNO2.H2O.2H/c;2-1(3)4;2-1-3;;;/h;(H,2,3,4);(H,2,3);1H2;;/q+2;;;;2*-1. The molecule has 54 valence electrons. The van der Waals surface area contributed by atoms with Crippen LogP contribution < -0.4 is 0 Å². The average Bonchev–Trinajstić information content (AvgIpc) is 1.33. The number of rotatable bonds is 0. The molecule has 0 saturated heterocycles. The molecule has 0 aromatic rings. The van der Waals surface area contributed by atoms with Crippen LogP contribution in [0.4, 0.5) is 0 Å². The Morgan fingerprint density at radius 1 is 1.67 bits per heavy atom. The smallest absolute Gasteiger partial charge is 1.00 e. The second kappa shape index (κ2) is 24.9. The molecule has 0 heterocycles. The van der Waals surface area contributed by atoms with E-state index in [-0.39, 0.29) is 46.1 Å². The molecular weight excluding hydrogens is 164 g/mol. The Balaban J connectivity index is -0.00000000848. The molecule has 8 nitrogen and oxygen atoms in total. The summed E-state index contributed by atoms with van der Waals surface area (Å²) in [6, 6.07) is 0. The fourth-order valence-corrected chi connectivity index (χ4v) is 0. The summed E-state index contributed by atoms with van der Waals surface area (Å²) in [6.45, 7) is 0. The van der Waals surface area contributed by atoms with Crippen LogP contribution in [0, 0.1) is 15.0 Å². The number of hydrogen-bond acceptors (Lipinski definition) is 4. The van der Waals surface area contributed by atoms with Crippen molar-refractivity contribution >= 4 is 37.7 Å². The zero-order chi connectivity index (χ0) is 6.28. The van der Waals surface area contributed by atoms with Gasteiger partial charge in [0.2, 0.25) is 0 Å². The molecule has 0 amide bonds. The fourth-order valence-electron chi connectivity index (χ4n) is 0. The van der Waals surface area contributed by atoms with Crippen LogP contribution in [0.1, 0.15) is 2.85 Å². The van der Waals surface area contributed by atoms with Crippen molar-refractivity contribution in [2.75, 3.05) is 0 Å². The minimum atomic E-state index is -1.50. The molecule has 9 heteroatoms. The molecule has 0 radical (unpaired) electrons. The Bertz CT molecular complexity index is 65.6. The summed E-state index contributed by atoms with van der Waals surface area (Å²) in [7, 11) is 0. The summed E-state index contributed by atoms with van der Waals surface area (Å²) in [6.07, 6.45) is 0. The van der Waals surface area contributed by atoms with Gasteiger partial charge in [-0.2, -0.15) is 0 Å². The molecule has 0 unspecified atom stereocenters. The van der Waals surface area contributed by atoms with Crippen LogP contribution in [0.3, 0.4) is 0 Å². The maximum Gasteiger partial charge on any atom is 2.00 e. The predicted octanol–water partition coefficient (Wildman–Crippen LogP) is -1.19. The molecule has 0 spiro atoms. The molecule has 0 bridgehead atoms. The van der Waals surface area contributed by atoms with E-state index < -0.39 is 5.09 Å². The van der Waals surface area contributed by atoms with Crippen molar-refractivity contribution in [1.82, 2.24) is 0 Å². The first-order chi connectivity index (χ1) is 3.15. The monoisotopic (exact) mass is 170 g/mol. The van der Waals surface area contributed by atoms with Crippen molar-refractivity contribution in [3.63, 3.8) is 0 Å². The minimum Gasteiger partial charge on any atom is -1.00 e. The predicted molar refractivity (Wildman–Crippen MR) is 28.0 cm³/mol. The van der Waals surface area contributed by atoms with Gasteiger partial charge in [-0.15, -0.1) is 15.0 Å². The van der Waals surface area contributed by atoms with Gasteiger partial charge in [0.1, 0.15) is 0 Å². The molecule has 4 N–H and O–H groups in total. The Morgan fingerprint density at radius 2 is 1.67 bits per heavy atom. The Hall–Kier alpha value is -0.180. The summed E-state index contributed by atoms with van der Waals surface area (Å²) in [5.74, 6) is 0. The van der Waals surface area contributed by atoms with Crippen molar-refractivity contribution < 1.29 is 23.8 Å². The normalized spacial score (nSPS) is 4.00. The SMILES string of the molecule is O.O=NO.O=[N+]([O-])O.[Ca+2].[H-].[H-]. The second-order valence-corrected chi connectivity index (χ2v) is 0.319. The zero-order valence-corrected chi connectivity index (χ0v) is 6.43. The quantitative estimate of drug-likeness (QED) is 0.203. The summed E-state index contributed by atoms with van der Waals surface area (Å²) >= 11 is 0. The van der Waals surface area contributed by atoms with Crippen molar-refractivity contribution in [3.05, 3.63) is 15.0 Å². The van der Waals surface area contributed by atoms with E-state index >= 15 is 0 Å². The third-order valence-corrected chi connectivity index (χ3v) is 0. The van der Waals surface area contributed by atoms with Gasteiger partial charge in [-0.1, -0.05) is 0 Å². The Labute approximate surface area is 81.8 Å². The fraction of sp³-hybridized carbons (Fsp3) is 0. The van der Waals surface area contributed by atoms with Gasteiger partial charge in [0.25, 0.3) is 5.09 Å². The molecule has 0 saturated carbocycles. The van der Waals surface area contributed by atoms with Gasteiger partial charge < -0.3 is 18.7 Å². The van der Waals surface area contributed by atoms with E-state index in [1.807, 2.05) is 0 Å². The van der Waals surface area contributed by atoms with E-state index in [0.29, 0.717) is 0 Å². The van der Waals surface area contributed by atoms with E-state index in [9.17, 15) is 0 Å². The van der Waals surface area contributed by atoms with Gasteiger partial charge in [-0.3, -0.25) is 0 Å². The van der Waals surface area contributed by atoms with Crippen LogP contribution >= 0.6 is 0 Å². The maximum absolute atomic E-state index is 8.36. The van der Waals surface area contributed by atoms with Gasteiger partial charge in [-0.05, 0) is 0 Å². The largest absolute Gasteiger partial charge is 2.00 e. The Kier molecular flexibility index (Phi) is 64.3. The summed E-state index contributed by atoms with van der Waals surface area (Å²) in [5.41, 5.74) is 0. The summed E-state index contributed by atoms with van der Waals surface area (Å²) in [4.78, 5) is 16.5. The van der Waals surface area contributed by atoms with Crippen molar-refractivity contribution in [2.45, 2.75) is 0 Å². The zero-order valence-electron chi connectivity index (χ0n) is 6.22. The van der Waals surface area contributed by atoms with E-state index in [2.05, 4.69) is 0 Å².